The van der Waals surface area contributed by atoms with E-state index in [1.54, 1.807) is 0 Å². The molecule has 0 aliphatic carbocycles. The molecular weight excluding hydrogens is 324 g/mol. The number of anilines is 2. The van der Waals surface area contributed by atoms with Gasteiger partial charge in [0.1, 0.15) is 12.0 Å². The molecule has 0 saturated carbocycles. The van der Waals surface area contributed by atoms with E-state index in [0.717, 1.165) is 37.5 Å². The highest BCUT2D eigenvalue weighted by Crippen LogP contribution is 2.34. The Morgan fingerprint density at radius 2 is 2.04 bits per heavy atom. The van der Waals surface area contributed by atoms with Crippen molar-refractivity contribution in [3.8, 4) is 0 Å². The highest BCUT2D eigenvalue weighted by Gasteiger charge is 2.27. The van der Waals surface area contributed by atoms with Crippen molar-refractivity contribution < 1.29 is 4.74 Å². The summed E-state index contributed by atoms with van der Waals surface area (Å²) in [4.78, 5) is 8.30. The molecule has 2 heterocycles. The average Bonchev–Trinajstić information content (AvgIpc) is 2.61. The van der Waals surface area contributed by atoms with Crippen LogP contribution in [0.1, 0.15) is 30.1 Å². The van der Waals surface area contributed by atoms with Crippen LogP contribution in [0.3, 0.4) is 0 Å². The number of hydrogen-bond donors (Lipinski definition) is 2. The lowest BCUT2D eigenvalue weighted by molar-refractivity contribution is -0.0238. The summed E-state index contributed by atoms with van der Waals surface area (Å²) in [5.41, 5.74) is 3.22. The summed E-state index contributed by atoms with van der Waals surface area (Å²) in [6.07, 6.45) is 3.79. The van der Waals surface area contributed by atoms with E-state index >= 15 is 0 Å². The number of rotatable bonds is 5. The molecule has 2 N–H and O–H groups in total. The second-order valence-corrected chi connectivity index (χ2v) is 6.48. The van der Waals surface area contributed by atoms with Crippen molar-refractivity contribution in [1.82, 2.24) is 9.97 Å². The van der Waals surface area contributed by atoms with Crippen LogP contribution in [0.4, 0.5) is 11.5 Å². The van der Waals surface area contributed by atoms with Crippen LogP contribution in [0.15, 0.2) is 30.6 Å². The Hall–Kier alpha value is -1.85. The first-order chi connectivity index (χ1) is 11.7. The van der Waals surface area contributed by atoms with Crippen LogP contribution in [0, 0.1) is 12.8 Å². The predicted molar refractivity (Wildman–Crippen MR) is 97.7 cm³/mol. The summed E-state index contributed by atoms with van der Waals surface area (Å²) in [6.45, 7) is 3.69. The average molecular weight is 347 g/mol. The number of hydrogen-bond acceptors (Lipinski definition) is 5. The summed E-state index contributed by atoms with van der Waals surface area (Å²) >= 11 is 6.11. The fourth-order valence-electron chi connectivity index (χ4n) is 3.12. The second kappa shape index (κ2) is 7.81. The van der Waals surface area contributed by atoms with Crippen LogP contribution in [-0.4, -0.2) is 30.2 Å². The van der Waals surface area contributed by atoms with Crippen molar-refractivity contribution in [2.75, 3.05) is 30.8 Å². The maximum absolute atomic E-state index is 6.11. The molecule has 5 nitrogen and oxygen atoms in total. The number of benzene rings is 1. The summed E-state index contributed by atoms with van der Waals surface area (Å²) in [5, 5.41) is 6.88. The Balaban J connectivity index is 1.73. The summed E-state index contributed by atoms with van der Waals surface area (Å²) < 4.78 is 6.07. The molecule has 1 fully saturated rings. The number of nitrogens with zero attached hydrogens (tertiary/aromatic N) is 2. The molecule has 1 aromatic carbocycles. The predicted octanol–water partition coefficient (Wildman–Crippen LogP) is 4.06. The lowest BCUT2D eigenvalue weighted by Crippen LogP contribution is -2.28. The van der Waals surface area contributed by atoms with Crippen LogP contribution in [-0.2, 0) is 4.74 Å². The van der Waals surface area contributed by atoms with Crippen LogP contribution < -0.4 is 10.6 Å². The molecule has 128 valence electrons. The lowest BCUT2D eigenvalue weighted by atomic mass is 9.89. The van der Waals surface area contributed by atoms with E-state index in [9.17, 15) is 0 Å². The van der Waals surface area contributed by atoms with E-state index < -0.39 is 0 Å². The number of halogens is 1. The third-order valence-electron chi connectivity index (χ3n) is 4.43. The smallest absolute Gasteiger partial charge is 0.157 e. The van der Waals surface area contributed by atoms with Gasteiger partial charge in [-0.05, 0) is 25.3 Å². The maximum atomic E-state index is 6.11. The normalized spacial score (nSPS) is 20.6. The van der Waals surface area contributed by atoms with Gasteiger partial charge in [-0.1, -0.05) is 41.4 Å². The first-order valence-corrected chi connectivity index (χ1v) is 8.67. The topological polar surface area (TPSA) is 59.1 Å². The third kappa shape index (κ3) is 3.79. The molecule has 1 aliphatic rings. The highest BCUT2D eigenvalue weighted by molar-refractivity contribution is 6.32. The first-order valence-electron chi connectivity index (χ1n) is 8.29. The minimum atomic E-state index is 0.113. The maximum Gasteiger partial charge on any atom is 0.157 e. The molecule has 0 amide bonds. The summed E-state index contributed by atoms with van der Waals surface area (Å²) in [7, 11) is 1.81. The minimum Gasteiger partial charge on any atom is -0.383 e. The zero-order chi connectivity index (χ0) is 16.9. The molecule has 1 aliphatic heterocycles. The Morgan fingerprint density at radius 1 is 1.25 bits per heavy atom. The first kappa shape index (κ1) is 17.0. The van der Waals surface area contributed by atoms with Gasteiger partial charge in [0.25, 0.3) is 0 Å². The summed E-state index contributed by atoms with van der Waals surface area (Å²) in [6, 6.07) is 8.61. The van der Waals surface area contributed by atoms with Crippen LogP contribution >= 0.6 is 11.6 Å². The van der Waals surface area contributed by atoms with E-state index in [2.05, 4.69) is 51.8 Å². The van der Waals surface area contributed by atoms with Gasteiger partial charge in [-0.15, -0.1) is 0 Å². The van der Waals surface area contributed by atoms with Gasteiger partial charge in [-0.2, -0.15) is 0 Å². The van der Waals surface area contributed by atoms with Gasteiger partial charge in [0, 0.05) is 26.1 Å². The van der Waals surface area contributed by atoms with Gasteiger partial charge in [0.2, 0.25) is 0 Å². The number of ether oxygens (including phenoxy) is 1. The van der Waals surface area contributed by atoms with Crippen molar-refractivity contribution in [1.29, 1.82) is 0 Å². The number of aromatic nitrogens is 2. The largest absolute Gasteiger partial charge is 0.383 e. The number of nitrogens with one attached hydrogen (secondary N) is 2. The van der Waals surface area contributed by atoms with Crippen molar-refractivity contribution in [2.45, 2.75) is 25.9 Å². The van der Waals surface area contributed by atoms with Crippen molar-refractivity contribution in [3.63, 3.8) is 0 Å². The Labute approximate surface area is 147 Å². The third-order valence-corrected chi connectivity index (χ3v) is 4.72. The standard InChI is InChI=1S/C18H23ClN4O/c1-12-5-7-13(8-6-12)16-14(4-3-9-24-16)10-21-18-15(20-2)17(19)22-11-23-18/h5-8,11,14,16,20H,3-4,9-10H2,1-2H3,(H,21,22,23). The molecule has 1 aromatic heterocycles. The molecule has 2 atom stereocenters. The van der Waals surface area contributed by atoms with E-state index in [-0.39, 0.29) is 6.10 Å². The zero-order valence-electron chi connectivity index (χ0n) is 14.1. The number of aryl methyl sites for hydroxylation is 1. The SMILES string of the molecule is CNc1c(Cl)ncnc1NCC1CCCOC1c1ccc(C)cc1. The molecule has 2 aromatic rings. The molecular formula is C18H23ClN4O. The molecule has 2 unspecified atom stereocenters. The molecule has 0 bridgehead atoms. The van der Waals surface area contributed by atoms with Crippen LogP contribution in [0.25, 0.3) is 0 Å². The molecule has 24 heavy (non-hydrogen) atoms. The van der Waals surface area contributed by atoms with Crippen molar-refractivity contribution in [2.24, 2.45) is 5.92 Å². The van der Waals surface area contributed by atoms with E-state index in [0.29, 0.717) is 11.1 Å². The van der Waals surface area contributed by atoms with Gasteiger partial charge < -0.3 is 15.4 Å². The lowest BCUT2D eigenvalue weighted by Gasteiger charge is -2.32. The van der Waals surface area contributed by atoms with Crippen LogP contribution in [0.2, 0.25) is 5.15 Å². The van der Waals surface area contributed by atoms with E-state index in [4.69, 9.17) is 16.3 Å². The highest BCUT2D eigenvalue weighted by atomic mass is 35.5. The fourth-order valence-corrected chi connectivity index (χ4v) is 3.35. The van der Waals surface area contributed by atoms with Crippen LogP contribution in [0.5, 0.6) is 0 Å². The second-order valence-electron chi connectivity index (χ2n) is 6.12. The monoisotopic (exact) mass is 346 g/mol. The molecule has 6 heteroatoms. The molecule has 1 saturated heterocycles. The Kier molecular flexibility index (Phi) is 5.53. The Morgan fingerprint density at radius 3 is 2.79 bits per heavy atom. The fraction of sp³-hybridized carbons (Fsp3) is 0.444. The van der Waals surface area contributed by atoms with Crippen molar-refractivity contribution in [3.05, 3.63) is 46.9 Å². The Bertz CT molecular complexity index is 677. The van der Waals surface area contributed by atoms with Gasteiger partial charge in [-0.3, -0.25) is 0 Å². The molecule has 3 rings (SSSR count). The van der Waals surface area contributed by atoms with Gasteiger partial charge in [-0.25, -0.2) is 9.97 Å². The summed E-state index contributed by atoms with van der Waals surface area (Å²) in [5.74, 6) is 1.12. The van der Waals surface area contributed by atoms with Gasteiger partial charge >= 0.3 is 0 Å². The van der Waals surface area contributed by atoms with E-state index in [1.165, 1.54) is 17.5 Å². The minimum absolute atomic E-state index is 0.113. The zero-order valence-corrected chi connectivity index (χ0v) is 14.8. The molecule has 0 spiro atoms. The quantitative estimate of drug-likeness (QED) is 0.799. The molecule has 0 radical (unpaired) electrons. The van der Waals surface area contributed by atoms with E-state index in [1.807, 2.05) is 7.05 Å². The van der Waals surface area contributed by atoms with Gasteiger partial charge in [0.15, 0.2) is 11.0 Å². The van der Waals surface area contributed by atoms with Gasteiger partial charge in [0.05, 0.1) is 6.10 Å². The van der Waals surface area contributed by atoms with Crippen molar-refractivity contribution >= 4 is 23.1 Å².